The number of amides is 1. The van der Waals surface area contributed by atoms with Crippen molar-refractivity contribution in [3.63, 3.8) is 0 Å². The Kier molecular flexibility index (Phi) is 12.6. The van der Waals surface area contributed by atoms with Crippen molar-refractivity contribution in [1.82, 2.24) is 40.3 Å². The lowest BCUT2D eigenvalue weighted by atomic mass is 9.90. The molecule has 0 radical (unpaired) electrons. The number of rotatable bonds is 7. The number of fused-ring (bicyclic) bond motifs is 2. The van der Waals surface area contributed by atoms with Gasteiger partial charge in [-0.05, 0) is 122 Å². The molecule has 2 N–H and O–H groups in total. The van der Waals surface area contributed by atoms with Gasteiger partial charge >= 0.3 is 6.09 Å². The maximum absolute atomic E-state index is 12.6. The second kappa shape index (κ2) is 18.0. The van der Waals surface area contributed by atoms with Crippen molar-refractivity contribution in [1.29, 1.82) is 0 Å². The molecule has 2 aliphatic carbocycles. The second-order valence-corrected chi connectivity index (χ2v) is 19.8. The fourth-order valence-electron chi connectivity index (χ4n) is 8.42. The minimum absolute atomic E-state index is 0.124. The van der Waals surface area contributed by atoms with Gasteiger partial charge in [0, 0.05) is 39.3 Å². The van der Waals surface area contributed by atoms with Gasteiger partial charge in [-0.15, -0.1) is 6.58 Å². The van der Waals surface area contributed by atoms with Crippen molar-refractivity contribution in [2.24, 2.45) is 15.8 Å². The molecular weight excluding hydrogens is 859 g/mol. The number of aliphatic imine (C=N–C) groups is 1. The summed E-state index contributed by atoms with van der Waals surface area (Å²) in [5.41, 5.74) is 9.47. The number of piperidine rings is 2. The quantitative estimate of drug-likeness (QED) is 0.151. The van der Waals surface area contributed by atoms with Crippen molar-refractivity contribution in [3.8, 4) is 23.1 Å². The Bertz CT molecular complexity index is 2550. The Morgan fingerprint density at radius 3 is 2.21 bits per heavy atom. The number of carbonyl (C=O) groups is 1. The number of hydrogen-bond acceptors (Lipinski definition) is 11. The summed E-state index contributed by atoms with van der Waals surface area (Å²) in [6.07, 6.45) is 13.4. The number of allylic oxidation sites excluding steroid dienone is 2. The van der Waals surface area contributed by atoms with Crippen LogP contribution in [0.4, 0.5) is 4.79 Å². The van der Waals surface area contributed by atoms with E-state index in [-0.39, 0.29) is 23.7 Å². The Labute approximate surface area is 378 Å². The Morgan fingerprint density at radius 1 is 0.857 bits per heavy atom. The van der Waals surface area contributed by atoms with Crippen LogP contribution in [0.2, 0.25) is 0 Å². The fraction of sp³-hybridized carbons (Fsp3) is 0.449. The lowest BCUT2D eigenvalue weighted by molar-refractivity contribution is -0.0120. The largest absolute Gasteiger partial charge is 0.471 e. The Morgan fingerprint density at radius 2 is 1.52 bits per heavy atom. The van der Waals surface area contributed by atoms with Gasteiger partial charge < -0.3 is 24.4 Å². The minimum Gasteiger partial charge on any atom is -0.471 e. The van der Waals surface area contributed by atoms with Gasteiger partial charge in [-0.1, -0.05) is 45.8 Å². The minimum atomic E-state index is -0.519. The summed E-state index contributed by atoms with van der Waals surface area (Å²) in [6.45, 7) is 23.0. The highest BCUT2D eigenvalue weighted by Gasteiger charge is 2.55. The van der Waals surface area contributed by atoms with E-state index in [9.17, 15) is 4.79 Å². The van der Waals surface area contributed by atoms with E-state index in [0.717, 1.165) is 75.8 Å². The zero-order valence-corrected chi connectivity index (χ0v) is 38.8. The molecule has 5 aliphatic rings. The van der Waals surface area contributed by atoms with Gasteiger partial charge in [0.25, 0.3) is 0 Å². The van der Waals surface area contributed by atoms with Crippen molar-refractivity contribution >= 4 is 44.2 Å². The highest BCUT2D eigenvalue weighted by Crippen LogP contribution is 2.55. The number of hydrogen-bond donors (Lipinski definition) is 2. The third kappa shape index (κ3) is 10.3. The molecule has 5 aromatic rings. The molecule has 3 aromatic heterocycles. The Balaban J connectivity index is 0.000000161. The highest BCUT2D eigenvalue weighted by atomic mass is 79.9. The maximum Gasteiger partial charge on any atom is 0.410 e. The van der Waals surface area contributed by atoms with Gasteiger partial charge in [-0.3, -0.25) is 20.1 Å². The summed E-state index contributed by atoms with van der Waals surface area (Å²) < 4.78 is 19.2. The molecule has 1 amide bonds. The Hall–Kier alpha value is -5.47. The van der Waals surface area contributed by atoms with E-state index in [1.165, 1.54) is 30.4 Å². The lowest BCUT2D eigenvalue weighted by Gasteiger charge is -2.39. The molecule has 2 aromatic carbocycles. The van der Waals surface area contributed by atoms with Gasteiger partial charge in [0.1, 0.15) is 34.9 Å². The van der Waals surface area contributed by atoms with Crippen LogP contribution in [0.3, 0.4) is 0 Å². The molecule has 13 nitrogen and oxygen atoms in total. The van der Waals surface area contributed by atoms with Gasteiger partial charge in [0.05, 0.1) is 49.1 Å². The molecular formula is C49H58BrN9O4. The summed E-state index contributed by atoms with van der Waals surface area (Å²) in [7, 11) is 0. The lowest BCUT2D eigenvalue weighted by Crippen LogP contribution is -2.51. The summed E-state index contributed by atoms with van der Waals surface area (Å²) in [5, 5.41) is 12.0. The number of benzene rings is 2. The first-order chi connectivity index (χ1) is 30.1. The number of nitrogens with zero attached hydrogens (tertiary/aromatic N) is 7. The van der Waals surface area contributed by atoms with Crippen molar-refractivity contribution in [2.45, 2.75) is 104 Å². The number of aromatic amines is 1. The molecule has 0 bridgehead atoms. The van der Waals surface area contributed by atoms with Crippen molar-refractivity contribution in [3.05, 3.63) is 107 Å². The fourth-order valence-corrected chi connectivity index (χ4v) is 8.78. The average molecular weight is 917 g/mol. The zero-order valence-electron chi connectivity index (χ0n) is 37.3. The molecule has 2 spiro atoms. The van der Waals surface area contributed by atoms with Gasteiger partial charge in [0.15, 0.2) is 0 Å². The van der Waals surface area contributed by atoms with Crippen LogP contribution in [-0.4, -0.2) is 90.8 Å². The van der Waals surface area contributed by atoms with Crippen LogP contribution in [0, 0.1) is 10.8 Å². The predicted molar refractivity (Wildman–Crippen MR) is 250 cm³/mol. The number of carbonyl (C=O) groups excluding carboxylic acids is 1. The van der Waals surface area contributed by atoms with Gasteiger partial charge in [-0.2, -0.15) is 5.10 Å². The molecule has 2 saturated carbocycles. The molecule has 10 rings (SSSR count). The topological polar surface area (TPSA) is 153 Å². The van der Waals surface area contributed by atoms with Gasteiger partial charge in [0.2, 0.25) is 11.8 Å². The van der Waals surface area contributed by atoms with Crippen LogP contribution >= 0.6 is 15.9 Å². The van der Waals surface area contributed by atoms with Crippen LogP contribution in [0.1, 0.15) is 102 Å². The first kappa shape index (κ1) is 44.1. The summed E-state index contributed by atoms with van der Waals surface area (Å²) in [5.74, 6) is 1.04. The van der Waals surface area contributed by atoms with E-state index in [4.69, 9.17) is 24.2 Å². The monoisotopic (exact) mass is 915 g/mol. The standard InChI is InChI=1S/C24H27BrN4O3.C21H23N5O.C4H8/c1-23(2,3)32-22(30)29-9-8-24(6-7-24)19(14-29)31-20-13-26-12-18(28-20)21-17-10-16(25)5-4-15(17)11-27-21;1-13(2)14-3-4-16-15(9-14)20(26-25-16)17-10-23-12-19(24-17)27-18-11-22-8-7-21(18)5-6-21;1-4(2)3/h4-5,10,12-13,19H,6-9,11,14H2,1-3H3;3-4,9-10,12,18,22H,1,5-8,11H2,2H3,(H,25,26);1H2,2-3H3/t19-;18-;/m00./s1. The van der Waals surface area contributed by atoms with E-state index in [0.29, 0.717) is 48.2 Å². The van der Waals surface area contributed by atoms with E-state index in [1.807, 2.05) is 59.7 Å². The van der Waals surface area contributed by atoms with E-state index in [1.54, 1.807) is 29.7 Å². The van der Waals surface area contributed by atoms with Crippen LogP contribution in [0.5, 0.6) is 11.8 Å². The maximum atomic E-state index is 12.6. The van der Waals surface area contributed by atoms with E-state index in [2.05, 4.69) is 77.8 Å². The molecule has 14 heteroatoms. The van der Waals surface area contributed by atoms with Crippen LogP contribution in [0.15, 0.2) is 89.4 Å². The van der Waals surface area contributed by atoms with E-state index < -0.39 is 5.60 Å². The number of nitrogens with one attached hydrogen (secondary N) is 2. The van der Waals surface area contributed by atoms with Crippen LogP contribution < -0.4 is 14.8 Å². The zero-order chi connectivity index (χ0) is 44.5. The summed E-state index contributed by atoms with van der Waals surface area (Å²) >= 11 is 3.54. The van der Waals surface area contributed by atoms with E-state index >= 15 is 0 Å². The SMILES string of the molecule is C=C(C)C.C=C(C)c1ccc2[nH]nc(-c3cncc(O[C@H]4CNCCC45CC5)n3)c2c1.CC(C)(C)OC(=O)N1CCC2(CC2)[C@@H](Oc2cncc(C3=NCc4ccc(Br)cc43)n2)C1. The first-order valence-corrected chi connectivity index (χ1v) is 22.7. The average Bonchev–Trinajstić information content (AvgIpc) is 4.11. The highest BCUT2D eigenvalue weighted by molar-refractivity contribution is 9.10. The third-order valence-corrected chi connectivity index (χ3v) is 12.7. The van der Waals surface area contributed by atoms with Crippen LogP contribution in [-0.2, 0) is 11.3 Å². The first-order valence-electron chi connectivity index (χ1n) is 21.9. The van der Waals surface area contributed by atoms with Crippen molar-refractivity contribution < 1.29 is 19.0 Å². The molecule has 0 unspecified atom stereocenters. The van der Waals surface area contributed by atoms with Crippen molar-refractivity contribution in [2.75, 3.05) is 26.2 Å². The second-order valence-electron chi connectivity index (χ2n) is 18.8. The normalized spacial score (nSPS) is 20.0. The molecule has 2 saturated heterocycles. The third-order valence-electron chi connectivity index (χ3n) is 12.2. The number of ether oxygens (including phenoxy) is 3. The number of likely N-dealkylation sites (tertiary alicyclic amines) is 1. The van der Waals surface area contributed by atoms with Gasteiger partial charge in [-0.25, -0.2) is 14.8 Å². The molecule has 330 valence electrons. The molecule has 2 atom stereocenters. The number of aromatic nitrogens is 6. The molecule has 3 aliphatic heterocycles. The van der Waals surface area contributed by atoms with Crippen LogP contribution in [0.25, 0.3) is 27.9 Å². The number of H-pyrrole nitrogens is 1. The smallest absolute Gasteiger partial charge is 0.410 e. The molecule has 6 heterocycles. The molecule has 4 fully saturated rings. The number of halogens is 1. The predicted octanol–water partition coefficient (Wildman–Crippen LogP) is 9.91. The molecule has 63 heavy (non-hydrogen) atoms. The summed E-state index contributed by atoms with van der Waals surface area (Å²) in [6, 6.07) is 12.3. The summed E-state index contributed by atoms with van der Waals surface area (Å²) in [4.78, 5) is 37.2.